The molecule has 1 aliphatic heterocycles. The summed E-state index contributed by atoms with van der Waals surface area (Å²) in [5.74, 6) is 0.565. The predicted molar refractivity (Wildman–Crippen MR) is 128 cm³/mol. The van der Waals surface area contributed by atoms with E-state index in [1.54, 1.807) is 19.2 Å². The summed E-state index contributed by atoms with van der Waals surface area (Å²) < 4.78 is 12.2. The molecule has 1 fully saturated rings. The number of benzene rings is 2. The van der Waals surface area contributed by atoms with Gasteiger partial charge in [-0.3, -0.25) is 19.8 Å². The van der Waals surface area contributed by atoms with E-state index in [1.165, 1.54) is 14.0 Å². The molecule has 4 rings (SSSR count). The molecule has 0 radical (unpaired) electrons. The number of ether oxygens (including phenoxy) is 2. The number of aromatic nitrogens is 2. The Hall–Kier alpha value is -4.47. The number of rotatable bonds is 7. The molecule has 180 valence electrons. The van der Waals surface area contributed by atoms with Gasteiger partial charge in [0.05, 0.1) is 12.8 Å². The molecule has 0 saturated carbocycles. The van der Waals surface area contributed by atoms with E-state index in [9.17, 15) is 14.4 Å². The second-order valence-electron chi connectivity index (χ2n) is 8.06. The van der Waals surface area contributed by atoms with Gasteiger partial charge in [0.1, 0.15) is 11.5 Å². The van der Waals surface area contributed by atoms with Crippen LogP contribution in [-0.2, 0) is 29.5 Å². The van der Waals surface area contributed by atoms with Gasteiger partial charge in [0.2, 0.25) is 11.8 Å². The first kappa shape index (κ1) is 23.7. The largest absolute Gasteiger partial charge is 0.497 e. The molecule has 35 heavy (non-hydrogen) atoms. The first-order valence-electron chi connectivity index (χ1n) is 10.9. The topological polar surface area (TPSA) is 115 Å². The van der Waals surface area contributed by atoms with Crippen molar-refractivity contribution in [3.8, 4) is 11.5 Å². The highest BCUT2D eigenvalue weighted by atomic mass is 16.5. The van der Waals surface area contributed by atoms with Crippen LogP contribution in [0.1, 0.15) is 29.4 Å². The molecule has 3 amide bonds. The Morgan fingerprint density at radius 1 is 0.971 bits per heavy atom. The Morgan fingerprint density at radius 3 is 2.11 bits per heavy atom. The van der Waals surface area contributed by atoms with Gasteiger partial charge in [0, 0.05) is 39.6 Å². The van der Waals surface area contributed by atoms with Crippen LogP contribution in [0.25, 0.3) is 0 Å². The van der Waals surface area contributed by atoms with Crippen molar-refractivity contribution < 1.29 is 23.9 Å². The van der Waals surface area contributed by atoms with Crippen LogP contribution < -0.4 is 14.8 Å². The standard InChI is InChI=1S/C25H25N5O5/c1-15(31)35-19-11-7-17(8-12-19)14-21-20(13-16-5-9-18(34-4)10-6-16)26-24(29(21)2)27-22-23(32)30(3)25(33)28-22/h5-12H,13-14H2,1-4H3,(H,26,27,28,33). The van der Waals surface area contributed by atoms with Crippen LogP contribution >= 0.6 is 0 Å². The van der Waals surface area contributed by atoms with Crippen molar-refractivity contribution in [2.45, 2.75) is 19.8 Å². The Morgan fingerprint density at radius 2 is 1.57 bits per heavy atom. The Kier molecular flexibility index (Phi) is 6.63. The number of nitrogens with one attached hydrogen (secondary N) is 1. The number of hydrogen-bond acceptors (Lipinski definition) is 7. The number of nitrogens with zero attached hydrogens (tertiary/aromatic N) is 4. The van der Waals surface area contributed by atoms with Crippen molar-refractivity contribution in [1.82, 2.24) is 19.8 Å². The molecule has 10 heteroatoms. The minimum atomic E-state index is -0.533. The molecule has 1 N–H and O–H groups in total. The predicted octanol–water partition coefficient (Wildman–Crippen LogP) is 2.75. The van der Waals surface area contributed by atoms with Gasteiger partial charge in [-0.1, -0.05) is 24.3 Å². The van der Waals surface area contributed by atoms with E-state index in [1.807, 2.05) is 48.0 Å². The summed E-state index contributed by atoms with van der Waals surface area (Å²) in [7, 11) is 4.82. The van der Waals surface area contributed by atoms with Crippen LogP contribution in [0.3, 0.4) is 0 Å². The highest BCUT2D eigenvalue weighted by molar-refractivity contribution is 6.47. The summed E-state index contributed by atoms with van der Waals surface area (Å²) in [4.78, 5) is 45.3. The quantitative estimate of drug-likeness (QED) is 0.319. The smallest absolute Gasteiger partial charge is 0.329 e. The van der Waals surface area contributed by atoms with E-state index in [2.05, 4.69) is 10.3 Å². The highest BCUT2D eigenvalue weighted by Gasteiger charge is 2.32. The lowest BCUT2D eigenvalue weighted by Crippen LogP contribution is -2.25. The van der Waals surface area contributed by atoms with Gasteiger partial charge in [-0.15, -0.1) is 0 Å². The zero-order valence-corrected chi connectivity index (χ0v) is 19.9. The molecule has 2 aromatic carbocycles. The number of imidazole rings is 1. The molecule has 0 aliphatic carbocycles. The third kappa shape index (κ3) is 5.21. The first-order valence-corrected chi connectivity index (χ1v) is 10.9. The van der Waals surface area contributed by atoms with Gasteiger partial charge in [0.15, 0.2) is 0 Å². The molecular formula is C25H25N5O5. The average Bonchev–Trinajstić information content (AvgIpc) is 3.25. The fourth-order valence-corrected chi connectivity index (χ4v) is 3.67. The summed E-state index contributed by atoms with van der Waals surface area (Å²) in [6.07, 6.45) is 1.06. The van der Waals surface area contributed by atoms with E-state index in [4.69, 9.17) is 14.5 Å². The number of carbonyl (C=O) groups is 3. The summed E-state index contributed by atoms with van der Waals surface area (Å²) in [6.45, 7) is 1.35. The van der Waals surface area contributed by atoms with Gasteiger partial charge >= 0.3 is 12.0 Å². The van der Waals surface area contributed by atoms with Gasteiger partial charge in [-0.25, -0.2) is 9.78 Å². The number of esters is 1. The van der Waals surface area contributed by atoms with Crippen molar-refractivity contribution in [2.75, 3.05) is 14.2 Å². The molecule has 1 aliphatic rings. The molecule has 3 aromatic rings. The highest BCUT2D eigenvalue weighted by Crippen LogP contribution is 2.25. The van der Waals surface area contributed by atoms with E-state index < -0.39 is 11.9 Å². The maximum Gasteiger partial charge on any atom is 0.329 e. The molecule has 10 nitrogen and oxygen atoms in total. The maximum absolute atomic E-state index is 12.3. The van der Waals surface area contributed by atoms with Crippen molar-refractivity contribution >= 4 is 29.7 Å². The van der Waals surface area contributed by atoms with Crippen molar-refractivity contribution in [1.29, 1.82) is 0 Å². The normalized spacial score (nSPS) is 14.4. The summed E-state index contributed by atoms with van der Waals surface area (Å²) in [6, 6.07) is 14.4. The van der Waals surface area contributed by atoms with Crippen LogP contribution in [0.4, 0.5) is 10.7 Å². The van der Waals surface area contributed by atoms with E-state index in [0.717, 1.165) is 33.2 Å². The zero-order valence-electron chi connectivity index (χ0n) is 19.9. The Balaban J connectivity index is 1.68. The number of amidine groups is 1. The number of carbonyl (C=O) groups excluding carboxylic acids is 3. The lowest BCUT2D eigenvalue weighted by Gasteiger charge is -2.09. The summed E-state index contributed by atoms with van der Waals surface area (Å²) in [5.41, 5.74) is 3.68. The van der Waals surface area contributed by atoms with Crippen LogP contribution in [0, 0.1) is 0 Å². The van der Waals surface area contributed by atoms with Crippen LogP contribution in [-0.4, -0.2) is 52.4 Å². The van der Waals surface area contributed by atoms with Gasteiger partial charge in [-0.05, 0) is 35.4 Å². The van der Waals surface area contributed by atoms with Crippen molar-refractivity contribution in [2.24, 2.45) is 12.0 Å². The number of urea groups is 1. The Bertz CT molecular complexity index is 1310. The molecule has 1 saturated heterocycles. The SMILES string of the molecule is COc1ccc(Cc2nc(/N=C3\NC(=O)N(C)C3=O)n(C)c2Cc2ccc(OC(C)=O)cc2)cc1. The molecule has 0 atom stereocenters. The van der Waals surface area contributed by atoms with E-state index in [0.29, 0.717) is 24.5 Å². The van der Waals surface area contributed by atoms with Crippen LogP contribution in [0.2, 0.25) is 0 Å². The molecule has 0 bridgehead atoms. The fraction of sp³-hybridized carbons (Fsp3) is 0.240. The fourth-order valence-electron chi connectivity index (χ4n) is 3.67. The second-order valence-corrected chi connectivity index (χ2v) is 8.06. The number of hydrogen-bond donors (Lipinski definition) is 1. The number of methoxy groups -OCH3 is 1. The lowest BCUT2D eigenvalue weighted by atomic mass is 10.0. The Labute approximate surface area is 202 Å². The molecule has 2 heterocycles. The zero-order chi connectivity index (χ0) is 25.1. The molecule has 1 aromatic heterocycles. The molecule has 0 unspecified atom stereocenters. The summed E-state index contributed by atoms with van der Waals surface area (Å²) in [5, 5.41) is 2.47. The lowest BCUT2D eigenvalue weighted by molar-refractivity contribution is -0.131. The average molecular weight is 476 g/mol. The van der Waals surface area contributed by atoms with Crippen LogP contribution in [0.5, 0.6) is 11.5 Å². The number of amides is 3. The number of likely N-dealkylation sites (N-methyl/N-ethyl adjacent to an activating group) is 1. The molecule has 0 spiro atoms. The van der Waals surface area contributed by atoms with Crippen molar-refractivity contribution in [3.05, 3.63) is 71.0 Å². The van der Waals surface area contributed by atoms with Crippen LogP contribution in [0.15, 0.2) is 53.5 Å². The summed E-state index contributed by atoms with van der Waals surface area (Å²) >= 11 is 0. The third-order valence-electron chi connectivity index (χ3n) is 5.61. The number of imide groups is 1. The van der Waals surface area contributed by atoms with Gasteiger partial charge in [0.25, 0.3) is 5.91 Å². The van der Waals surface area contributed by atoms with Gasteiger partial charge in [-0.2, -0.15) is 4.99 Å². The number of aliphatic imine (C=N–C) groups is 1. The second kappa shape index (κ2) is 9.80. The molecular weight excluding hydrogens is 450 g/mol. The maximum atomic E-state index is 12.3. The monoisotopic (exact) mass is 475 g/mol. The van der Waals surface area contributed by atoms with E-state index >= 15 is 0 Å². The minimum absolute atomic E-state index is 0.0705. The van der Waals surface area contributed by atoms with Gasteiger partial charge < -0.3 is 14.0 Å². The minimum Gasteiger partial charge on any atom is -0.497 e. The third-order valence-corrected chi connectivity index (χ3v) is 5.61. The first-order chi connectivity index (χ1) is 16.7. The van der Waals surface area contributed by atoms with E-state index in [-0.39, 0.29) is 11.8 Å². The van der Waals surface area contributed by atoms with Crippen molar-refractivity contribution in [3.63, 3.8) is 0 Å².